The summed E-state index contributed by atoms with van der Waals surface area (Å²) < 4.78 is 20.2. The van der Waals surface area contributed by atoms with Crippen molar-refractivity contribution < 1.29 is 23.5 Å². The molecule has 9 heteroatoms. The molecule has 8 nitrogen and oxygen atoms in total. The zero-order valence-electron chi connectivity index (χ0n) is 24.0. The van der Waals surface area contributed by atoms with Gasteiger partial charge in [0.2, 0.25) is 5.91 Å². The van der Waals surface area contributed by atoms with E-state index in [1.54, 1.807) is 28.0 Å². The largest absolute Gasteiger partial charge is 0.457 e. The van der Waals surface area contributed by atoms with Gasteiger partial charge in [-0.3, -0.25) is 14.5 Å². The number of benzene rings is 3. The third kappa shape index (κ3) is 6.00. The zero-order valence-corrected chi connectivity index (χ0v) is 24.0. The number of nitrogens with one attached hydrogen (secondary N) is 2. The van der Waals surface area contributed by atoms with Crippen LogP contribution in [0.5, 0.6) is 11.5 Å². The molecule has 2 atom stereocenters. The van der Waals surface area contributed by atoms with E-state index >= 15 is 0 Å². The van der Waals surface area contributed by atoms with Crippen molar-refractivity contribution >= 4 is 17.8 Å². The molecule has 2 heterocycles. The van der Waals surface area contributed by atoms with Crippen molar-refractivity contribution in [3.8, 4) is 11.5 Å². The maximum absolute atomic E-state index is 14.2. The molecular formula is C33H35FN4O4. The lowest BCUT2D eigenvalue weighted by atomic mass is 9.95. The van der Waals surface area contributed by atoms with E-state index in [1.807, 2.05) is 75.4 Å². The minimum atomic E-state index is -0.794. The Morgan fingerprint density at radius 2 is 1.74 bits per heavy atom. The van der Waals surface area contributed by atoms with Crippen molar-refractivity contribution in [1.82, 2.24) is 20.4 Å². The summed E-state index contributed by atoms with van der Waals surface area (Å²) in [6.45, 7) is 6.30. The predicted molar refractivity (Wildman–Crippen MR) is 157 cm³/mol. The van der Waals surface area contributed by atoms with Crippen LogP contribution in [0.15, 0.2) is 90.1 Å². The lowest BCUT2D eigenvalue weighted by molar-refractivity contribution is -0.137. The van der Waals surface area contributed by atoms with E-state index in [0.29, 0.717) is 46.9 Å². The second-order valence-corrected chi connectivity index (χ2v) is 10.9. The van der Waals surface area contributed by atoms with E-state index in [9.17, 15) is 18.8 Å². The summed E-state index contributed by atoms with van der Waals surface area (Å²) in [4.78, 5) is 44.0. The number of halogens is 1. The zero-order chi connectivity index (χ0) is 29.8. The van der Waals surface area contributed by atoms with Crippen LogP contribution in [0.3, 0.4) is 0 Å². The van der Waals surface area contributed by atoms with Gasteiger partial charge in [0.25, 0.3) is 5.91 Å². The van der Waals surface area contributed by atoms with Crippen LogP contribution < -0.4 is 15.4 Å². The Morgan fingerprint density at radius 1 is 1.02 bits per heavy atom. The number of carbonyl (C=O) groups is 3. The average molecular weight is 571 g/mol. The molecule has 0 radical (unpaired) electrons. The molecule has 42 heavy (non-hydrogen) atoms. The van der Waals surface area contributed by atoms with Crippen LogP contribution in [-0.4, -0.2) is 46.8 Å². The van der Waals surface area contributed by atoms with Crippen LogP contribution in [0.25, 0.3) is 0 Å². The van der Waals surface area contributed by atoms with Gasteiger partial charge in [0.15, 0.2) is 0 Å². The number of para-hydroxylation sites is 1. The molecule has 2 aliphatic rings. The first-order chi connectivity index (χ1) is 20.3. The molecule has 4 amide bonds. The molecule has 5 rings (SSSR count). The Bertz CT molecular complexity index is 1510. The highest BCUT2D eigenvalue weighted by Gasteiger charge is 2.47. The maximum Gasteiger partial charge on any atom is 0.322 e. The molecule has 0 saturated carbocycles. The first-order valence-corrected chi connectivity index (χ1v) is 14.2. The Morgan fingerprint density at radius 3 is 2.45 bits per heavy atom. The number of rotatable bonds is 10. The summed E-state index contributed by atoms with van der Waals surface area (Å²) in [5.74, 6) is 0.258. The van der Waals surface area contributed by atoms with Crippen molar-refractivity contribution in [1.29, 1.82) is 0 Å². The minimum absolute atomic E-state index is 0.00718. The van der Waals surface area contributed by atoms with Gasteiger partial charge in [-0.1, -0.05) is 62.4 Å². The van der Waals surface area contributed by atoms with Gasteiger partial charge in [-0.05, 0) is 55.2 Å². The number of nitrogens with zero attached hydrogens (tertiary/aromatic N) is 2. The van der Waals surface area contributed by atoms with Gasteiger partial charge in [-0.25, -0.2) is 9.18 Å². The molecule has 3 aromatic carbocycles. The van der Waals surface area contributed by atoms with Crippen molar-refractivity contribution in [2.75, 3.05) is 13.1 Å². The SMILES string of the molecule is CCN1C(=O)N[C@@H](c2cccc(Oc3ccccc3)c2)C2=C1CN([C@H](CC(C)C)C(=O)NCc1ccccc1F)C2=O. The van der Waals surface area contributed by atoms with Gasteiger partial charge in [0, 0.05) is 18.7 Å². The standard InChI is InChI=1S/C33H35FN4O4/c1-4-37-28-20-38(27(17-21(2)3)31(39)35-19-23-11-8-9-16-26(23)34)32(40)29(28)30(36-33(37)41)22-12-10-15-25(18-22)42-24-13-6-5-7-14-24/h5-16,18,21,27,30H,4,17,19-20H2,1-3H3,(H,35,39)(H,36,41)/t27-,30+/m1/s1. The highest BCUT2D eigenvalue weighted by atomic mass is 19.1. The fourth-order valence-electron chi connectivity index (χ4n) is 5.50. The quantitative estimate of drug-likeness (QED) is 0.335. The van der Waals surface area contributed by atoms with E-state index < -0.39 is 17.9 Å². The average Bonchev–Trinajstić information content (AvgIpc) is 3.31. The van der Waals surface area contributed by atoms with E-state index in [4.69, 9.17) is 4.74 Å². The number of likely N-dealkylation sites (N-methyl/N-ethyl adjacent to an activating group) is 1. The van der Waals surface area contributed by atoms with Crippen molar-refractivity contribution in [3.63, 3.8) is 0 Å². The van der Waals surface area contributed by atoms with Crippen LogP contribution in [0.2, 0.25) is 0 Å². The molecular weight excluding hydrogens is 535 g/mol. The number of ether oxygens (including phenoxy) is 1. The molecule has 0 spiro atoms. The summed E-state index contributed by atoms with van der Waals surface area (Å²) in [5.41, 5.74) is 2.08. The van der Waals surface area contributed by atoms with Crippen LogP contribution >= 0.6 is 0 Å². The second kappa shape index (κ2) is 12.5. The summed E-state index contributed by atoms with van der Waals surface area (Å²) in [5, 5.41) is 5.82. The van der Waals surface area contributed by atoms with Gasteiger partial charge in [-0.15, -0.1) is 0 Å². The van der Waals surface area contributed by atoms with E-state index in [1.165, 1.54) is 6.07 Å². The van der Waals surface area contributed by atoms with Gasteiger partial charge in [0.05, 0.1) is 23.9 Å². The lowest BCUT2D eigenvalue weighted by Gasteiger charge is -2.33. The molecule has 2 N–H and O–H groups in total. The monoisotopic (exact) mass is 570 g/mol. The lowest BCUT2D eigenvalue weighted by Crippen LogP contribution is -2.49. The fraction of sp³-hybridized carbons (Fsp3) is 0.303. The van der Waals surface area contributed by atoms with Crippen molar-refractivity contribution in [2.45, 2.75) is 45.8 Å². The molecule has 2 aliphatic heterocycles. The molecule has 0 unspecified atom stereocenters. The Hall–Kier alpha value is -4.66. The third-order valence-corrected chi connectivity index (χ3v) is 7.52. The number of carbonyl (C=O) groups excluding carboxylic acids is 3. The van der Waals surface area contributed by atoms with E-state index in [2.05, 4.69) is 10.6 Å². The van der Waals surface area contributed by atoms with Gasteiger partial charge < -0.3 is 20.3 Å². The van der Waals surface area contributed by atoms with Crippen LogP contribution in [0.1, 0.15) is 44.4 Å². The smallest absolute Gasteiger partial charge is 0.322 e. The van der Waals surface area contributed by atoms with Gasteiger partial charge >= 0.3 is 6.03 Å². The first-order valence-electron chi connectivity index (χ1n) is 14.2. The van der Waals surface area contributed by atoms with E-state index in [0.717, 1.165) is 0 Å². The first kappa shape index (κ1) is 28.9. The summed E-state index contributed by atoms with van der Waals surface area (Å²) >= 11 is 0. The normalized spacial score (nSPS) is 17.3. The summed E-state index contributed by atoms with van der Waals surface area (Å²) in [6.07, 6.45) is 0.411. The highest BCUT2D eigenvalue weighted by Crippen LogP contribution is 2.38. The molecule has 0 fully saturated rings. The predicted octanol–water partition coefficient (Wildman–Crippen LogP) is 5.53. The topological polar surface area (TPSA) is 91.0 Å². The van der Waals surface area contributed by atoms with Gasteiger partial charge in [-0.2, -0.15) is 0 Å². The Kier molecular flexibility index (Phi) is 8.56. The molecule has 0 aromatic heterocycles. The highest BCUT2D eigenvalue weighted by molar-refractivity contribution is 6.03. The number of hydrogen-bond donors (Lipinski definition) is 2. The minimum Gasteiger partial charge on any atom is -0.457 e. The Balaban J connectivity index is 1.43. The third-order valence-electron chi connectivity index (χ3n) is 7.52. The number of amides is 4. The fourth-order valence-corrected chi connectivity index (χ4v) is 5.50. The summed E-state index contributed by atoms with van der Waals surface area (Å²) in [6, 6.07) is 21.1. The van der Waals surface area contributed by atoms with Crippen LogP contribution in [0.4, 0.5) is 9.18 Å². The number of urea groups is 1. The van der Waals surface area contributed by atoms with Crippen LogP contribution in [-0.2, 0) is 16.1 Å². The maximum atomic E-state index is 14.2. The van der Waals surface area contributed by atoms with Crippen molar-refractivity contribution in [2.24, 2.45) is 5.92 Å². The molecule has 3 aromatic rings. The molecule has 0 aliphatic carbocycles. The molecule has 218 valence electrons. The molecule has 0 saturated heterocycles. The van der Waals surface area contributed by atoms with E-state index in [-0.39, 0.29) is 36.9 Å². The molecule has 0 bridgehead atoms. The van der Waals surface area contributed by atoms with Gasteiger partial charge in [0.1, 0.15) is 23.4 Å². The van der Waals surface area contributed by atoms with Crippen LogP contribution in [0, 0.1) is 11.7 Å². The second-order valence-electron chi connectivity index (χ2n) is 10.9. The number of hydrogen-bond acceptors (Lipinski definition) is 4. The summed E-state index contributed by atoms with van der Waals surface area (Å²) in [7, 11) is 0. The van der Waals surface area contributed by atoms with Crippen molar-refractivity contribution in [3.05, 3.63) is 107 Å². The Labute approximate surface area is 245 Å².